The van der Waals surface area contributed by atoms with Crippen molar-refractivity contribution in [2.45, 2.75) is 46.1 Å². The molecule has 1 aromatic heterocycles. The van der Waals surface area contributed by atoms with Gasteiger partial charge in [0.25, 0.3) is 0 Å². The Balaban J connectivity index is 2.92. The van der Waals surface area contributed by atoms with Crippen LogP contribution in [0.1, 0.15) is 38.7 Å². The van der Waals surface area contributed by atoms with Gasteiger partial charge in [-0.25, -0.2) is 4.98 Å². The molecule has 1 aromatic rings. The SMILES string of the molecule is CCCC(CC)Nc1ncc(C)cc1[N+](=O)[O-]. The molecule has 94 valence electrons. The number of nitrogens with zero attached hydrogens (tertiary/aromatic N) is 2. The Morgan fingerprint density at radius 3 is 2.76 bits per heavy atom. The van der Waals surface area contributed by atoms with Crippen LogP contribution in [0.3, 0.4) is 0 Å². The Morgan fingerprint density at radius 1 is 1.53 bits per heavy atom. The number of anilines is 1. The molecule has 0 bridgehead atoms. The van der Waals surface area contributed by atoms with E-state index < -0.39 is 0 Å². The number of pyridine rings is 1. The Kier molecular flexibility index (Phi) is 4.87. The van der Waals surface area contributed by atoms with Crippen LogP contribution in [-0.4, -0.2) is 15.9 Å². The molecule has 5 heteroatoms. The van der Waals surface area contributed by atoms with Crippen molar-refractivity contribution < 1.29 is 4.92 Å². The van der Waals surface area contributed by atoms with Crippen LogP contribution in [0.25, 0.3) is 0 Å². The first-order chi connectivity index (χ1) is 8.08. The van der Waals surface area contributed by atoms with E-state index in [1.165, 1.54) is 0 Å². The number of aromatic nitrogens is 1. The highest BCUT2D eigenvalue weighted by Crippen LogP contribution is 2.24. The summed E-state index contributed by atoms with van der Waals surface area (Å²) < 4.78 is 0. The molecule has 0 aliphatic rings. The molecule has 0 fully saturated rings. The van der Waals surface area contributed by atoms with Gasteiger partial charge < -0.3 is 5.32 Å². The smallest absolute Gasteiger partial charge is 0.311 e. The van der Waals surface area contributed by atoms with Gasteiger partial charge in [-0.2, -0.15) is 0 Å². The summed E-state index contributed by atoms with van der Waals surface area (Å²) in [5.41, 5.74) is 0.852. The standard InChI is InChI=1S/C12H19N3O2/c1-4-6-10(5-2)14-12-11(15(16)17)7-9(3)8-13-12/h7-8,10H,4-6H2,1-3H3,(H,13,14). The van der Waals surface area contributed by atoms with Crippen LogP contribution in [0.2, 0.25) is 0 Å². The molecule has 0 radical (unpaired) electrons. The van der Waals surface area contributed by atoms with Crippen molar-refractivity contribution in [1.82, 2.24) is 4.98 Å². The van der Waals surface area contributed by atoms with Gasteiger partial charge in [0, 0.05) is 18.3 Å². The molecule has 0 spiro atoms. The van der Waals surface area contributed by atoms with E-state index in [1.807, 2.05) is 0 Å². The minimum atomic E-state index is -0.388. The highest BCUT2D eigenvalue weighted by molar-refractivity contribution is 5.57. The van der Waals surface area contributed by atoms with Crippen LogP contribution in [0.4, 0.5) is 11.5 Å². The Morgan fingerprint density at radius 2 is 2.24 bits per heavy atom. The average Bonchev–Trinajstić information content (AvgIpc) is 2.30. The molecule has 1 rings (SSSR count). The van der Waals surface area contributed by atoms with Gasteiger partial charge in [0.15, 0.2) is 0 Å². The van der Waals surface area contributed by atoms with Gasteiger partial charge in [0.2, 0.25) is 5.82 Å². The lowest BCUT2D eigenvalue weighted by atomic mass is 10.1. The third-order valence-corrected chi connectivity index (χ3v) is 2.67. The zero-order valence-corrected chi connectivity index (χ0v) is 10.6. The molecule has 5 nitrogen and oxygen atoms in total. The minimum absolute atomic E-state index is 0.0551. The van der Waals surface area contributed by atoms with Crippen molar-refractivity contribution in [2.75, 3.05) is 5.32 Å². The fourth-order valence-electron chi connectivity index (χ4n) is 1.72. The lowest BCUT2D eigenvalue weighted by Gasteiger charge is -2.16. The normalized spacial score (nSPS) is 12.2. The van der Waals surface area contributed by atoms with Crippen LogP contribution in [0.15, 0.2) is 12.3 Å². The molecule has 1 atom stereocenters. The molecule has 17 heavy (non-hydrogen) atoms. The van der Waals surface area contributed by atoms with E-state index in [4.69, 9.17) is 0 Å². The zero-order chi connectivity index (χ0) is 12.8. The quantitative estimate of drug-likeness (QED) is 0.609. The van der Waals surface area contributed by atoms with Crippen molar-refractivity contribution in [3.8, 4) is 0 Å². The second kappa shape index (κ2) is 6.18. The second-order valence-electron chi connectivity index (χ2n) is 4.18. The lowest BCUT2D eigenvalue weighted by molar-refractivity contribution is -0.384. The van der Waals surface area contributed by atoms with Gasteiger partial charge >= 0.3 is 5.69 Å². The molecular weight excluding hydrogens is 218 g/mol. The highest BCUT2D eigenvalue weighted by atomic mass is 16.6. The summed E-state index contributed by atoms with van der Waals surface area (Å²) in [4.78, 5) is 14.7. The molecule has 0 saturated heterocycles. The topological polar surface area (TPSA) is 68.1 Å². The molecule has 0 aliphatic carbocycles. The van der Waals surface area contributed by atoms with E-state index in [-0.39, 0.29) is 16.7 Å². The first kappa shape index (κ1) is 13.4. The number of nitro groups is 1. The average molecular weight is 237 g/mol. The summed E-state index contributed by atoms with van der Waals surface area (Å²) in [5, 5.41) is 14.1. The van der Waals surface area contributed by atoms with Gasteiger partial charge in [-0.3, -0.25) is 10.1 Å². The third kappa shape index (κ3) is 3.69. The largest absolute Gasteiger partial charge is 0.362 e. The van der Waals surface area contributed by atoms with Gasteiger partial charge in [-0.05, 0) is 25.3 Å². The van der Waals surface area contributed by atoms with Crippen LogP contribution >= 0.6 is 0 Å². The molecule has 0 aliphatic heterocycles. The van der Waals surface area contributed by atoms with Gasteiger partial charge in [-0.15, -0.1) is 0 Å². The van der Waals surface area contributed by atoms with E-state index >= 15 is 0 Å². The fourth-order valence-corrected chi connectivity index (χ4v) is 1.72. The first-order valence-corrected chi connectivity index (χ1v) is 5.96. The van der Waals surface area contributed by atoms with Gasteiger partial charge in [0.05, 0.1) is 4.92 Å². The summed E-state index contributed by atoms with van der Waals surface area (Å²) in [6, 6.07) is 1.79. The van der Waals surface area contributed by atoms with Gasteiger partial charge in [0.1, 0.15) is 0 Å². The molecule has 0 amide bonds. The number of aryl methyl sites for hydroxylation is 1. The summed E-state index contributed by atoms with van der Waals surface area (Å²) in [7, 11) is 0. The summed E-state index contributed by atoms with van der Waals surface area (Å²) in [6.45, 7) is 5.96. The maximum absolute atomic E-state index is 10.9. The summed E-state index contributed by atoms with van der Waals surface area (Å²) in [5.74, 6) is 0.376. The maximum Gasteiger partial charge on any atom is 0.311 e. The Hall–Kier alpha value is -1.65. The lowest BCUT2D eigenvalue weighted by Crippen LogP contribution is -2.19. The molecule has 0 aromatic carbocycles. The third-order valence-electron chi connectivity index (χ3n) is 2.67. The van der Waals surface area contributed by atoms with Crippen LogP contribution in [0.5, 0.6) is 0 Å². The maximum atomic E-state index is 10.9. The van der Waals surface area contributed by atoms with E-state index in [1.54, 1.807) is 19.2 Å². The van der Waals surface area contributed by atoms with Crippen LogP contribution in [-0.2, 0) is 0 Å². The van der Waals surface area contributed by atoms with Crippen LogP contribution < -0.4 is 5.32 Å². The molecule has 1 heterocycles. The molecular formula is C12H19N3O2. The van der Waals surface area contributed by atoms with Gasteiger partial charge in [-0.1, -0.05) is 20.3 Å². The first-order valence-electron chi connectivity index (χ1n) is 5.96. The van der Waals surface area contributed by atoms with E-state index in [0.717, 1.165) is 24.8 Å². The van der Waals surface area contributed by atoms with Crippen molar-refractivity contribution in [1.29, 1.82) is 0 Å². The minimum Gasteiger partial charge on any atom is -0.362 e. The summed E-state index contributed by atoms with van der Waals surface area (Å²) >= 11 is 0. The number of hydrogen-bond donors (Lipinski definition) is 1. The number of rotatable bonds is 6. The van der Waals surface area contributed by atoms with Crippen molar-refractivity contribution in [3.05, 3.63) is 27.9 Å². The zero-order valence-electron chi connectivity index (χ0n) is 10.6. The monoisotopic (exact) mass is 237 g/mol. The van der Waals surface area contributed by atoms with Crippen LogP contribution in [0, 0.1) is 17.0 Å². The molecule has 1 unspecified atom stereocenters. The summed E-state index contributed by atoms with van der Waals surface area (Å²) in [6.07, 6.45) is 4.61. The van der Waals surface area contributed by atoms with E-state index in [2.05, 4.69) is 24.1 Å². The molecule has 1 N–H and O–H groups in total. The predicted octanol–water partition coefficient (Wildman–Crippen LogP) is 3.29. The predicted molar refractivity (Wildman–Crippen MR) is 68.2 cm³/mol. The van der Waals surface area contributed by atoms with Crippen molar-refractivity contribution in [3.63, 3.8) is 0 Å². The number of nitrogens with one attached hydrogen (secondary N) is 1. The second-order valence-corrected chi connectivity index (χ2v) is 4.18. The van der Waals surface area contributed by atoms with E-state index in [0.29, 0.717) is 5.82 Å². The molecule has 0 saturated carbocycles. The van der Waals surface area contributed by atoms with E-state index in [9.17, 15) is 10.1 Å². The fraction of sp³-hybridized carbons (Fsp3) is 0.583. The van der Waals surface area contributed by atoms with Crippen molar-refractivity contribution >= 4 is 11.5 Å². The van der Waals surface area contributed by atoms with Crippen molar-refractivity contribution in [2.24, 2.45) is 0 Å². The Labute approximate surface area is 101 Å². The highest BCUT2D eigenvalue weighted by Gasteiger charge is 2.17. The number of hydrogen-bond acceptors (Lipinski definition) is 4. The Bertz CT molecular complexity index is 393.